The summed E-state index contributed by atoms with van der Waals surface area (Å²) in [6, 6.07) is 2.30. The Morgan fingerprint density at radius 2 is 1.89 bits per heavy atom. The van der Waals surface area contributed by atoms with Gasteiger partial charge in [0.1, 0.15) is 0 Å². The van der Waals surface area contributed by atoms with Crippen molar-refractivity contribution in [3.63, 3.8) is 0 Å². The molecular weight excluding hydrogens is 234 g/mol. The Morgan fingerprint density at radius 1 is 1.11 bits per heavy atom. The van der Waals surface area contributed by atoms with Crippen LogP contribution >= 0.6 is 0 Å². The van der Waals surface area contributed by atoms with E-state index in [4.69, 9.17) is 0 Å². The van der Waals surface area contributed by atoms with E-state index in [9.17, 15) is 0 Å². The van der Waals surface area contributed by atoms with Gasteiger partial charge in [0.05, 0.1) is 0 Å². The molecule has 3 atom stereocenters. The second-order valence-corrected chi connectivity index (χ2v) is 6.67. The average molecular weight is 267 g/mol. The van der Waals surface area contributed by atoms with E-state index in [0.717, 1.165) is 18.1 Å². The van der Waals surface area contributed by atoms with Crippen molar-refractivity contribution in [2.75, 3.05) is 33.7 Å². The van der Waals surface area contributed by atoms with E-state index in [0.29, 0.717) is 0 Å². The predicted octanol–water partition coefficient (Wildman–Crippen LogP) is 2.32. The van der Waals surface area contributed by atoms with Crippen LogP contribution in [0.3, 0.4) is 0 Å². The highest BCUT2D eigenvalue weighted by molar-refractivity contribution is 4.92. The van der Waals surface area contributed by atoms with E-state index >= 15 is 0 Å². The maximum atomic E-state index is 3.83. The SMILES string of the molecule is CCCNC1CCCCCC1N1CCC(N(C)C)C1. The van der Waals surface area contributed by atoms with Gasteiger partial charge in [-0.1, -0.05) is 26.2 Å². The lowest BCUT2D eigenvalue weighted by Gasteiger charge is -2.34. The predicted molar refractivity (Wildman–Crippen MR) is 82.6 cm³/mol. The Bertz CT molecular complexity index is 254. The molecule has 1 N–H and O–H groups in total. The van der Waals surface area contributed by atoms with Crippen LogP contribution in [0.25, 0.3) is 0 Å². The number of nitrogens with one attached hydrogen (secondary N) is 1. The van der Waals surface area contributed by atoms with Gasteiger partial charge in [-0.3, -0.25) is 4.90 Å². The van der Waals surface area contributed by atoms with Gasteiger partial charge in [0, 0.05) is 31.2 Å². The highest BCUT2D eigenvalue weighted by Crippen LogP contribution is 2.26. The summed E-state index contributed by atoms with van der Waals surface area (Å²) in [7, 11) is 4.46. The molecule has 112 valence electrons. The summed E-state index contributed by atoms with van der Waals surface area (Å²) >= 11 is 0. The summed E-state index contributed by atoms with van der Waals surface area (Å²) in [4.78, 5) is 5.19. The van der Waals surface area contributed by atoms with Crippen LogP contribution in [0.15, 0.2) is 0 Å². The van der Waals surface area contributed by atoms with Gasteiger partial charge in [-0.2, -0.15) is 0 Å². The lowest BCUT2D eigenvalue weighted by molar-refractivity contribution is 0.167. The summed E-state index contributed by atoms with van der Waals surface area (Å²) in [5.74, 6) is 0. The molecule has 19 heavy (non-hydrogen) atoms. The number of likely N-dealkylation sites (tertiary alicyclic amines) is 1. The van der Waals surface area contributed by atoms with Crippen LogP contribution in [0.5, 0.6) is 0 Å². The van der Waals surface area contributed by atoms with E-state index in [2.05, 4.69) is 36.1 Å². The highest BCUT2D eigenvalue weighted by atomic mass is 15.3. The fourth-order valence-corrected chi connectivity index (χ4v) is 3.78. The molecule has 1 heterocycles. The molecule has 1 saturated heterocycles. The van der Waals surface area contributed by atoms with Crippen LogP contribution in [0.2, 0.25) is 0 Å². The van der Waals surface area contributed by atoms with Gasteiger partial charge in [0.2, 0.25) is 0 Å². The molecule has 3 heteroatoms. The van der Waals surface area contributed by atoms with Crippen molar-refractivity contribution in [2.45, 2.75) is 70.0 Å². The van der Waals surface area contributed by atoms with Crippen molar-refractivity contribution in [1.82, 2.24) is 15.1 Å². The van der Waals surface area contributed by atoms with E-state index in [1.165, 1.54) is 64.6 Å². The molecule has 1 saturated carbocycles. The van der Waals surface area contributed by atoms with Crippen LogP contribution in [0, 0.1) is 0 Å². The standard InChI is InChI=1S/C16H33N3/c1-4-11-17-15-8-6-5-7-9-16(15)19-12-10-14(13-19)18(2)3/h14-17H,4-13H2,1-3H3. The van der Waals surface area contributed by atoms with Gasteiger partial charge in [-0.05, 0) is 46.3 Å². The van der Waals surface area contributed by atoms with Crippen LogP contribution < -0.4 is 5.32 Å². The quantitative estimate of drug-likeness (QED) is 0.771. The number of hydrogen-bond acceptors (Lipinski definition) is 3. The third kappa shape index (κ3) is 4.17. The van der Waals surface area contributed by atoms with Crippen LogP contribution in [-0.2, 0) is 0 Å². The zero-order chi connectivity index (χ0) is 13.7. The fraction of sp³-hybridized carbons (Fsp3) is 1.00. The molecular formula is C16H33N3. The van der Waals surface area contributed by atoms with Crippen molar-refractivity contribution < 1.29 is 0 Å². The zero-order valence-corrected chi connectivity index (χ0v) is 13.2. The van der Waals surface area contributed by atoms with Gasteiger partial charge < -0.3 is 10.2 Å². The van der Waals surface area contributed by atoms with Gasteiger partial charge in [-0.25, -0.2) is 0 Å². The topological polar surface area (TPSA) is 18.5 Å². The minimum atomic E-state index is 0.739. The number of hydrogen-bond donors (Lipinski definition) is 1. The van der Waals surface area contributed by atoms with Crippen molar-refractivity contribution in [3.8, 4) is 0 Å². The largest absolute Gasteiger partial charge is 0.312 e. The monoisotopic (exact) mass is 267 g/mol. The number of nitrogens with zero attached hydrogens (tertiary/aromatic N) is 2. The first kappa shape index (κ1) is 15.3. The summed E-state index contributed by atoms with van der Waals surface area (Å²) in [6.45, 7) is 6.04. The first-order chi connectivity index (χ1) is 9.22. The molecule has 0 bridgehead atoms. The van der Waals surface area contributed by atoms with Gasteiger partial charge in [0.25, 0.3) is 0 Å². The second kappa shape index (κ2) is 7.61. The van der Waals surface area contributed by atoms with Crippen molar-refractivity contribution in [2.24, 2.45) is 0 Å². The normalized spacial score (nSPS) is 33.8. The smallest absolute Gasteiger partial charge is 0.0250 e. The van der Waals surface area contributed by atoms with Crippen LogP contribution in [0.4, 0.5) is 0 Å². The molecule has 1 aliphatic carbocycles. The Kier molecular flexibility index (Phi) is 6.11. The van der Waals surface area contributed by atoms with E-state index < -0.39 is 0 Å². The van der Waals surface area contributed by atoms with Crippen molar-refractivity contribution >= 4 is 0 Å². The molecule has 3 unspecified atom stereocenters. The molecule has 0 aromatic rings. The van der Waals surface area contributed by atoms with E-state index in [-0.39, 0.29) is 0 Å². The third-order valence-electron chi connectivity index (χ3n) is 5.03. The average Bonchev–Trinajstić information content (AvgIpc) is 2.77. The maximum absolute atomic E-state index is 3.83. The molecule has 2 fully saturated rings. The summed E-state index contributed by atoms with van der Waals surface area (Å²) in [6.07, 6.45) is 9.68. The summed E-state index contributed by atoms with van der Waals surface area (Å²) < 4.78 is 0. The lowest BCUT2D eigenvalue weighted by atomic mass is 10.0. The number of likely N-dealkylation sites (N-methyl/N-ethyl adjacent to an activating group) is 1. The van der Waals surface area contributed by atoms with Gasteiger partial charge in [0.15, 0.2) is 0 Å². The highest BCUT2D eigenvalue weighted by Gasteiger charge is 2.33. The minimum Gasteiger partial charge on any atom is -0.312 e. The maximum Gasteiger partial charge on any atom is 0.0250 e. The minimum absolute atomic E-state index is 0.739. The van der Waals surface area contributed by atoms with Gasteiger partial charge in [-0.15, -0.1) is 0 Å². The van der Waals surface area contributed by atoms with Crippen LogP contribution in [-0.4, -0.2) is 61.7 Å². The first-order valence-corrected chi connectivity index (χ1v) is 8.36. The Hall–Kier alpha value is -0.120. The first-order valence-electron chi connectivity index (χ1n) is 8.36. The molecule has 0 aromatic heterocycles. The van der Waals surface area contributed by atoms with Crippen molar-refractivity contribution in [1.29, 1.82) is 0 Å². The summed E-state index contributed by atoms with van der Waals surface area (Å²) in [5.41, 5.74) is 0. The molecule has 2 aliphatic rings. The molecule has 1 aliphatic heterocycles. The second-order valence-electron chi connectivity index (χ2n) is 6.67. The van der Waals surface area contributed by atoms with Gasteiger partial charge >= 0.3 is 0 Å². The Labute approximate surface area is 119 Å². The van der Waals surface area contributed by atoms with E-state index in [1.54, 1.807) is 0 Å². The van der Waals surface area contributed by atoms with E-state index in [1.807, 2.05) is 0 Å². The molecule has 0 radical (unpaired) electrons. The third-order valence-corrected chi connectivity index (χ3v) is 5.03. The molecule has 0 spiro atoms. The van der Waals surface area contributed by atoms with Crippen LogP contribution in [0.1, 0.15) is 51.9 Å². The lowest BCUT2D eigenvalue weighted by Crippen LogP contribution is -2.49. The molecule has 0 aromatic carbocycles. The zero-order valence-electron chi connectivity index (χ0n) is 13.2. The molecule has 0 amide bonds. The fourth-order valence-electron chi connectivity index (χ4n) is 3.78. The summed E-state index contributed by atoms with van der Waals surface area (Å²) in [5, 5.41) is 3.83. The number of rotatable bonds is 5. The molecule has 2 rings (SSSR count). The Morgan fingerprint density at radius 3 is 2.58 bits per heavy atom. The molecule has 3 nitrogen and oxygen atoms in total. The Balaban J connectivity index is 1.93. The van der Waals surface area contributed by atoms with Crippen molar-refractivity contribution in [3.05, 3.63) is 0 Å².